The fourth-order valence-electron chi connectivity index (χ4n) is 2.03. The van der Waals surface area contributed by atoms with Crippen molar-refractivity contribution in [2.45, 2.75) is 26.4 Å². The molecule has 0 saturated carbocycles. The number of pyridine rings is 1. The molecular formula is C14H21N3. The third kappa shape index (κ3) is 3.95. The van der Waals surface area contributed by atoms with Crippen LogP contribution in [-0.4, -0.2) is 29.5 Å². The van der Waals surface area contributed by atoms with Crippen molar-refractivity contribution in [2.24, 2.45) is 0 Å². The van der Waals surface area contributed by atoms with E-state index >= 15 is 0 Å². The van der Waals surface area contributed by atoms with Gasteiger partial charge in [0, 0.05) is 26.2 Å². The molecule has 92 valence electrons. The standard InChI is InChI=1S/C14H21N3/c1-2-15-11-13-7-6-8-14(16-13)12-17-9-4-3-5-10-17/h3-4,6-8,15H,2,5,9-12H2,1H3. The maximum atomic E-state index is 4.68. The van der Waals surface area contributed by atoms with E-state index in [1.54, 1.807) is 0 Å². The third-order valence-electron chi connectivity index (χ3n) is 2.95. The highest BCUT2D eigenvalue weighted by atomic mass is 15.1. The lowest BCUT2D eigenvalue weighted by atomic mass is 10.2. The number of aromatic nitrogens is 1. The van der Waals surface area contributed by atoms with Crippen molar-refractivity contribution >= 4 is 0 Å². The van der Waals surface area contributed by atoms with Crippen molar-refractivity contribution in [2.75, 3.05) is 19.6 Å². The number of nitrogens with zero attached hydrogens (tertiary/aromatic N) is 2. The van der Waals surface area contributed by atoms with Crippen molar-refractivity contribution < 1.29 is 0 Å². The van der Waals surface area contributed by atoms with E-state index in [9.17, 15) is 0 Å². The molecule has 1 N–H and O–H groups in total. The SMILES string of the molecule is CCNCc1cccc(CN2CC=CCC2)n1. The summed E-state index contributed by atoms with van der Waals surface area (Å²) < 4.78 is 0. The van der Waals surface area contributed by atoms with Crippen LogP contribution in [0.25, 0.3) is 0 Å². The Morgan fingerprint density at radius 3 is 2.94 bits per heavy atom. The molecule has 2 heterocycles. The molecule has 0 fully saturated rings. The average Bonchev–Trinajstić information content (AvgIpc) is 2.38. The maximum Gasteiger partial charge on any atom is 0.0547 e. The highest BCUT2D eigenvalue weighted by molar-refractivity contribution is 5.11. The van der Waals surface area contributed by atoms with Crippen LogP contribution in [0.4, 0.5) is 0 Å². The van der Waals surface area contributed by atoms with E-state index in [1.165, 1.54) is 5.69 Å². The number of rotatable bonds is 5. The molecule has 1 aliphatic rings. The molecule has 0 aromatic carbocycles. The van der Waals surface area contributed by atoms with Crippen LogP contribution in [0.2, 0.25) is 0 Å². The van der Waals surface area contributed by atoms with Gasteiger partial charge in [-0.15, -0.1) is 0 Å². The van der Waals surface area contributed by atoms with Crippen molar-refractivity contribution in [1.29, 1.82) is 0 Å². The topological polar surface area (TPSA) is 28.2 Å². The van der Waals surface area contributed by atoms with Gasteiger partial charge in [-0.1, -0.05) is 25.1 Å². The first-order valence-electron chi connectivity index (χ1n) is 6.41. The van der Waals surface area contributed by atoms with Crippen LogP contribution >= 0.6 is 0 Å². The Kier molecular flexibility index (Phi) is 4.71. The smallest absolute Gasteiger partial charge is 0.0547 e. The Morgan fingerprint density at radius 2 is 2.18 bits per heavy atom. The zero-order valence-corrected chi connectivity index (χ0v) is 10.5. The monoisotopic (exact) mass is 231 g/mol. The summed E-state index contributed by atoms with van der Waals surface area (Å²) in [5, 5.41) is 3.31. The molecule has 0 atom stereocenters. The molecule has 0 bridgehead atoms. The Bertz CT molecular complexity index is 373. The maximum absolute atomic E-state index is 4.68. The van der Waals surface area contributed by atoms with Crippen LogP contribution in [0.5, 0.6) is 0 Å². The second kappa shape index (κ2) is 6.52. The van der Waals surface area contributed by atoms with Gasteiger partial charge in [0.25, 0.3) is 0 Å². The summed E-state index contributed by atoms with van der Waals surface area (Å²) in [6.45, 7) is 7.13. The van der Waals surface area contributed by atoms with Gasteiger partial charge < -0.3 is 5.32 Å². The highest BCUT2D eigenvalue weighted by Crippen LogP contribution is 2.07. The molecule has 2 rings (SSSR count). The first kappa shape index (κ1) is 12.3. The minimum Gasteiger partial charge on any atom is -0.311 e. The molecular weight excluding hydrogens is 210 g/mol. The minimum absolute atomic E-state index is 0.865. The summed E-state index contributed by atoms with van der Waals surface area (Å²) in [6, 6.07) is 6.31. The lowest BCUT2D eigenvalue weighted by Gasteiger charge is -2.22. The summed E-state index contributed by atoms with van der Waals surface area (Å²) in [5.74, 6) is 0. The van der Waals surface area contributed by atoms with Crippen molar-refractivity contribution in [3.05, 3.63) is 41.7 Å². The number of hydrogen-bond acceptors (Lipinski definition) is 3. The first-order valence-corrected chi connectivity index (χ1v) is 6.41. The number of hydrogen-bond donors (Lipinski definition) is 1. The summed E-state index contributed by atoms with van der Waals surface area (Å²) >= 11 is 0. The van der Waals surface area contributed by atoms with E-state index in [0.29, 0.717) is 0 Å². The zero-order valence-electron chi connectivity index (χ0n) is 10.5. The summed E-state index contributed by atoms with van der Waals surface area (Å²) in [4.78, 5) is 7.11. The van der Waals surface area contributed by atoms with E-state index in [1.807, 2.05) is 0 Å². The molecule has 0 radical (unpaired) electrons. The summed E-state index contributed by atoms with van der Waals surface area (Å²) in [7, 11) is 0. The van der Waals surface area contributed by atoms with Gasteiger partial charge in [-0.05, 0) is 25.1 Å². The largest absolute Gasteiger partial charge is 0.311 e. The Labute approximate surface area is 104 Å². The van der Waals surface area contributed by atoms with Crippen LogP contribution in [0.15, 0.2) is 30.4 Å². The lowest BCUT2D eigenvalue weighted by molar-refractivity contribution is 0.287. The molecule has 17 heavy (non-hydrogen) atoms. The van der Waals surface area contributed by atoms with E-state index in [4.69, 9.17) is 0 Å². The average molecular weight is 231 g/mol. The van der Waals surface area contributed by atoms with E-state index in [2.05, 4.69) is 52.5 Å². The van der Waals surface area contributed by atoms with Crippen LogP contribution in [0, 0.1) is 0 Å². The molecule has 0 spiro atoms. The normalized spacial score (nSPS) is 16.3. The fourth-order valence-corrected chi connectivity index (χ4v) is 2.03. The van der Waals surface area contributed by atoms with Crippen LogP contribution in [-0.2, 0) is 13.1 Å². The van der Waals surface area contributed by atoms with Gasteiger partial charge in [-0.2, -0.15) is 0 Å². The van der Waals surface area contributed by atoms with Gasteiger partial charge in [0.05, 0.1) is 11.4 Å². The lowest BCUT2D eigenvalue weighted by Crippen LogP contribution is -2.27. The second-order valence-electron chi connectivity index (χ2n) is 4.40. The van der Waals surface area contributed by atoms with Gasteiger partial charge in [-0.25, -0.2) is 0 Å². The summed E-state index contributed by atoms with van der Waals surface area (Å²) in [6.07, 6.45) is 5.66. The van der Waals surface area contributed by atoms with Crippen molar-refractivity contribution in [3.63, 3.8) is 0 Å². The molecule has 0 amide bonds. The van der Waals surface area contributed by atoms with Crippen molar-refractivity contribution in [1.82, 2.24) is 15.2 Å². The predicted octanol–water partition coefficient (Wildman–Crippen LogP) is 1.95. The Hall–Kier alpha value is -1.19. The predicted molar refractivity (Wildman–Crippen MR) is 70.7 cm³/mol. The van der Waals surface area contributed by atoms with E-state index in [0.717, 1.165) is 44.8 Å². The molecule has 0 saturated heterocycles. The van der Waals surface area contributed by atoms with E-state index in [-0.39, 0.29) is 0 Å². The quantitative estimate of drug-likeness (QED) is 0.785. The molecule has 3 nitrogen and oxygen atoms in total. The van der Waals surface area contributed by atoms with Crippen LogP contribution in [0.1, 0.15) is 24.7 Å². The number of nitrogens with one attached hydrogen (secondary N) is 1. The Balaban J connectivity index is 1.93. The second-order valence-corrected chi connectivity index (χ2v) is 4.40. The van der Waals surface area contributed by atoms with Gasteiger partial charge in [-0.3, -0.25) is 9.88 Å². The molecule has 0 aliphatic carbocycles. The van der Waals surface area contributed by atoms with Gasteiger partial charge in [0.15, 0.2) is 0 Å². The Morgan fingerprint density at radius 1 is 1.29 bits per heavy atom. The molecule has 1 aromatic rings. The van der Waals surface area contributed by atoms with Crippen LogP contribution < -0.4 is 5.32 Å². The summed E-state index contributed by atoms with van der Waals surface area (Å²) in [5.41, 5.74) is 2.31. The molecule has 1 aliphatic heterocycles. The molecule has 1 aromatic heterocycles. The van der Waals surface area contributed by atoms with E-state index < -0.39 is 0 Å². The first-order chi connectivity index (χ1) is 8.38. The molecule has 0 unspecified atom stereocenters. The third-order valence-corrected chi connectivity index (χ3v) is 2.95. The fraction of sp³-hybridized carbons (Fsp3) is 0.500. The van der Waals surface area contributed by atoms with Crippen LogP contribution in [0.3, 0.4) is 0 Å². The highest BCUT2D eigenvalue weighted by Gasteiger charge is 2.07. The van der Waals surface area contributed by atoms with Gasteiger partial charge >= 0.3 is 0 Å². The molecule has 3 heteroatoms. The minimum atomic E-state index is 0.865. The van der Waals surface area contributed by atoms with Gasteiger partial charge in [0.1, 0.15) is 0 Å². The van der Waals surface area contributed by atoms with Crippen molar-refractivity contribution in [3.8, 4) is 0 Å². The van der Waals surface area contributed by atoms with Gasteiger partial charge in [0.2, 0.25) is 0 Å². The zero-order chi connectivity index (χ0) is 11.9.